The molecular weight excluding hydrogens is 284 g/mol. The van der Waals surface area contributed by atoms with E-state index in [9.17, 15) is 9.59 Å². The molecular formula is C16H22N2O4. The Labute approximate surface area is 130 Å². The van der Waals surface area contributed by atoms with Crippen molar-refractivity contribution in [2.24, 2.45) is 0 Å². The molecule has 0 unspecified atom stereocenters. The zero-order valence-corrected chi connectivity index (χ0v) is 13.2. The van der Waals surface area contributed by atoms with Crippen LogP contribution in [0.5, 0.6) is 0 Å². The van der Waals surface area contributed by atoms with Gasteiger partial charge in [-0.25, -0.2) is 9.78 Å². The molecule has 6 heteroatoms. The summed E-state index contributed by atoms with van der Waals surface area (Å²) in [5.74, 6) is -0.170. The van der Waals surface area contributed by atoms with E-state index < -0.39 is 5.97 Å². The molecule has 0 amide bonds. The van der Waals surface area contributed by atoms with Gasteiger partial charge < -0.3 is 14.8 Å². The summed E-state index contributed by atoms with van der Waals surface area (Å²) in [6.07, 6.45) is 3.57. The summed E-state index contributed by atoms with van der Waals surface area (Å²) in [6, 6.07) is 3.73. The first kappa shape index (κ1) is 17.7. The molecule has 1 heterocycles. The van der Waals surface area contributed by atoms with Crippen LogP contribution < -0.4 is 5.32 Å². The minimum absolute atomic E-state index is 0.126. The van der Waals surface area contributed by atoms with Crippen molar-refractivity contribution in [3.63, 3.8) is 0 Å². The van der Waals surface area contributed by atoms with Crippen LogP contribution in [-0.4, -0.2) is 30.1 Å². The van der Waals surface area contributed by atoms with Gasteiger partial charge in [0.15, 0.2) is 0 Å². The number of pyridine rings is 1. The molecule has 0 aliphatic heterocycles. The molecule has 0 aliphatic rings. The first-order valence-corrected chi connectivity index (χ1v) is 7.27. The van der Waals surface area contributed by atoms with E-state index in [-0.39, 0.29) is 25.4 Å². The average molecular weight is 306 g/mol. The Bertz CT molecular complexity index is 541. The Morgan fingerprint density at radius 1 is 1.23 bits per heavy atom. The van der Waals surface area contributed by atoms with Gasteiger partial charge in [0.2, 0.25) is 0 Å². The summed E-state index contributed by atoms with van der Waals surface area (Å²) in [4.78, 5) is 27.5. The summed E-state index contributed by atoms with van der Waals surface area (Å²) < 4.78 is 9.85. The van der Waals surface area contributed by atoms with Gasteiger partial charge in [0, 0.05) is 18.8 Å². The Balaban J connectivity index is 2.73. The van der Waals surface area contributed by atoms with E-state index in [0.29, 0.717) is 18.0 Å². The summed E-state index contributed by atoms with van der Waals surface area (Å²) in [5, 5.41) is 2.95. The lowest BCUT2D eigenvalue weighted by Gasteiger charge is -2.08. The average Bonchev–Trinajstić information content (AvgIpc) is 2.47. The number of rotatable bonds is 8. The Morgan fingerprint density at radius 3 is 2.59 bits per heavy atom. The molecule has 1 aromatic heterocycles. The smallest absolute Gasteiger partial charge is 0.335 e. The van der Waals surface area contributed by atoms with Gasteiger partial charge in [-0.15, -0.1) is 0 Å². The molecule has 1 rings (SSSR count). The van der Waals surface area contributed by atoms with E-state index in [0.717, 1.165) is 5.56 Å². The largest absolute Gasteiger partial charge is 0.466 e. The number of hydrogen-bond acceptors (Lipinski definition) is 6. The van der Waals surface area contributed by atoms with E-state index >= 15 is 0 Å². The van der Waals surface area contributed by atoms with Crippen molar-refractivity contribution in [1.82, 2.24) is 4.98 Å². The molecule has 0 aliphatic carbocycles. The molecule has 0 radical (unpaired) electrons. The fourth-order valence-corrected chi connectivity index (χ4v) is 1.70. The monoisotopic (exact) mass is 306 g/mol. The second kappa shape index (κ2) is 9.55. The van der Waals surface area contributed by atoms with E-state index in [1.165, 1.54) is 6.20 Å². The number of esters is 2. The molecule has 6 nitrogen and oxygen atoms in total. The first-order chi connectivity index (χ1) is 10.6. The molecule has 0 bridgehead atoms. The highest BCUT2D eigenvalue weighted by Gasteiger charge is 2.13. The molecule has 1 N–H and O–H groups in total. The third-order valence-electron chi connectivity index (χ3n) is 2.75. The Morgan fingerprint density at radius 2 is 1.95 bits per heavy atom. The van der Waals surface area contributed by atoms with Gasteiger partial charge >= 0.3 is 11.9 Å². The van der Waals surface area contributed by atoms with Crippen LogP contribution in [0.3, 0.4) is 0 Å². The predicted molar refractivity (Wildman–Crippen MR) is 83.2 cm³/mol. The Hall–Kier alpha value is -2.37. The number of aromatic nitrogens is 1. The second-order valence-electron chi connectivity index (χ2n) is 4.56. The van der Waals surface area contributed by atoms with Gasteiger partial charge in [-0.2, -0.15) is 0 Å². The van der Waals surface area contributed by atoms with E-state index in [1.807, 2.05) is 19.1 Å². The topological polar surface area (TPSA) is 77.5 Å². The molecule has 1 aromatic rings. The maximum atomic E-state index is 11.9. The van der Waals surface area contributed by atoms with E-state index in [2.05, 4.69) is 10.3 Å². The number of hydrogen-bond donors (Lipinski definition) is 1. The molecule has 0 aromatic carbocycles. The second-order valence-corrected chi connectivity index (χ2v) is 4.56. The highest BCUT2D eigenvalue weighted by Crippen LogP contribution is 2.11. The summed E-state index contributed by atoms with van der Waals surface area (Å²) in [5.41, 5.74) is 1.42. The minimum atomic E-state index is -0.452. The highest BCUT2D eigenvalue weighted by molar-refractivity contribution is 5.89. The van der Waals surface area contributed by atoms with Gasteiger partial charge in [-0.05, 0) is 44.9 Å². The zero-order valence-electron chi connectivity index (χ0n) is 13.2. The van der Waals surface area contributed by atoms with Crippen molar-refractivity contribution in [3.05, 3.63) is 35.7 Å². The van der Waals surface area contributed by atoms with Gasteiger partial charge in [-0.1, -0.05) is 0 Å². The maximum Gasteiger partial charge on any atom is 0.335 e. The van der Waals surface area contributed by atoms with Crippen LogP contribution in [0.25, 0.3) is 0 Å². The molecule has 0 spiro atoms. The molecule has 0 fully saturated rings. The predicted octanol–water partition coefficient (Wildman–Crippen LogP) is 2.59. The number of anilines is 1. The number of aryl methyl sites for hydroxylation is 1. The number of nitrogens with zero attached hydrogens (tertiary/aromatic N) is 1. The van der Waals surface area contributed by atoms with Crippen molar-refractivity contribution >= 4 is 17.8 Å². The van der Waals surface area contributed by atoms with Crippen molar-refractivity contribution in [3.8, 4) is 0 Å². The third kappa shape index (κ3) is 6.39. The van der Waals surface area contributed by atoms with Crippen molar-refractivity contribution in [1.29, 1.82) is 0 Å². The standard InChI is InChI=1S/C16H22N2O4/c1-4-21-15(19)7-6-13(16(20)22-5-2)11-18-14-10-12(3)8-9-17-14/h8-11H,4-7H2,1-3H3,(H,17,18)/b13-11-. The summed E-state index contributed by atoms with van der Waals surface area (Å²) in [6.45, 7) is 6.02. The summed E-state index contributed by atoms with van der Waals surface area (Å²) >= 11 is 0. The van der Waals surface area contributed by atoms with E-state index in [1.54, 1.807) is 20.0 Å². The van der Waals surface area contributed by atoms with Crippen LogP contribution in [0.15, 0.2) is 30.1 Å². The number of carbonyl (C=O) groups is 2. The van der Waals surface area contributed by atoms with Crippen LogP contribution in [0, 0.1) is 6.92 Å². The highest BCUT2D eigenvalue weighted by atomic mass is 16.5. The molecule has 22 heavy (non-hydrogen) atoms. The zero-order chi connectivity index (χ0) is 16.4. The molecule has 0 saturated heterocycles. The van der Waals surface area contributed by atoms with Gasteiger partial charge in [0.1, 0.15) is 5.82 Å². The summed E-state index contributed by atoms with van der Waals surface area (Å²) in [7, 11) is 0. The van der Waals surface area contributed by atoms with Crippen molar-refractivity contribution in [2.45, 2.75) is 33.6 Å². The SMILES string of the molecule is CCOC(=O)CC/C(=C/Nc1cc(C)ccn1)C(=O)OCC. The van der Waals surface area contributed by atoms with Crippen molar-refractivity contribution in [2.75, 3.05) is 18.5 Å². The Kier molecular flexibility index (Phi) is 7.67. The van der Waals surface area contributed by atoms with Crippen LogP contribution in [0.1, 0.15) is 32.3 Å². The van der Waals surface area contributed by atoms with Crippen LogP contribution in [0.4, 0.5) is 5.82 Å². The lowest BCUT2D eigenvalue weighted by Crippen LogP contribution is -2.12. The number of carbonyl (C=O) groups excluding carboxylic acids is 2. The van der Waals surface area contributed by atoms with E-state index in [4.69, 9.17) is 9.47 Å². The van der Waals surface area contributed by atoms with Crippen molar-refractivity contribution < 1.29 is 19.1 Å². The quantitative estimate of drug-likeness (QED) is 0.587. The molecule has 0 atom stereocenters. The lowest BCUT2D eigenvalue weighted by molar-refractivity contribution is -0.143. The number of ether oxygens (including phenoxy) is 2. The third-order valence-corrected chi connectivity index (χ3v) is 2.75. The molecule has 120 valence electrons. The van der Waals surface area contributed by atoms with Gasteiger partial charge in [-0.3, -0.25) is 4.79 Å². The lowest BCUT2D eigenvalue weighted by atomic mass is 10.1. The minimum Gasteiger partial charge on any atom is -0.466 e. The number of nitrogens with one attached hydrogen (secondary N) is 1. The first-order valence-electron chi connectivity index (χ1n) is 7.27. The normalized spacial score (nSPS) is 11.0. The fraction of sp³-hybridized carbons (Fsp3) is 0.438. The fourth-order valence-electron chi connectivity index (χ4n) is 1.70. The maximum absolute atomic E-state index is 11.9. The molecule has 0 saturated carbocycles. The van der Waals surface area contributed by atoms with Crippen LogP contribution in [0.2, 0.25) is 0 Å². The van der Waals surface area contributed by atoms with Gasteiger partial charge in [0.05, 0.1) is 18.8 Å². The van der Waals surface area contributed by atoms with Crippen LogP contribution in [-0.2, 0) is 19.1 Å². The van der Waals surface area contributed by atoms with Gasteiger partial charge in [0.25, 0.3) is 0 Å². The van der Waals surface area contributed by atoms with Crippen LogP contribution >= 0.6 is 0 Å².